The van der Waals surface area contributed by atoms with Crippen molar-refractivity contribution >= 4 is 17.7 Å². The van der Waals surface area contributed by atoms with E-state index < -0.39 is 0 Å². The fourth-order valence-corrected chi connectivity index (χ4v) is 2.06. The normalized spacial score (nSPS) is 20.6. The lowest BCUT2D eigenvalue weighted by molar-refractivity contribution is 0.634. The van der Waals surface area contributed by atoms with Crippen molar-refractivity contribution in [2.24, 2.45) is 10.7 Å². The maximum absolute atomic E-state index is 5.56. The molecule has 1 unspecified atom stereocenters. The molecule has 1 aromatic rings. The SMILES string of the molecule is CSc1ccc(C2CN=C(N)NC2)cc1. The quantitative estimate of drug-likeness (QED) is 0.742. The molecule has 0 radical (unpaired) electrons. The Bertz CT molecular complexity index is 359. The first-order valence-electron chi connectivity index (χ1n) is 4.97. The minimum Gasteiger partial charge on any atom is -0.370 e. The van der Waals surface area contributed by atoms with E-state index in [1.54, 1.807) is 11.8 Å². The lowest BCUT2D eigenvalue weighted by Gasteiger charge is -2.21. The van der Waals surface area contributed by atoms with Gasteiger partial charge in [0.1, 0.15) is 0 Å². The van der Waals surface area contributed by atoms with Gasteiger partial charge in [-0.05, 0) is 24.0 Å². The third-order valence-electron chi connectivity index (χ3n) is 2.60. The van der Waals surface area contributed by atoms with Crippen molar-refractivity contribution in [1.29, 1.82) is 0 Å². The van der Waals surface area contributed by atoms with Crippen LogP contribution in [0.2, 0.25) is 0 Å². The molecular weight excluding hydrogens is 206 g/mol. The first kappa shape index (κ1) is 10.4. The van der Waals surface area contributed by atoms with Gasteiger partial charge in [-0.1, -0.05) is 12.1 Å². The summed E-state index contributed by atoms with van der Waals surface area (Å²) in [5, 5.41) is 3.08. The predicted molar refractivity (Wildman–Crippen MR) is 65.5 cm³/mol. The fraction of sp³-hybridized carbons (Fsp3) is 0.364. The van der Waals surface area contributed by atoms with Crippen LogP contribution in [0.5, 0.6) is 0 Å². The molecule has 0 bridgehead atoms. The van der Waals surface area contributed by atoms with Crippen LogP contribution in [-0.4, -0.2) is 25.3 Å². The molecule has 0 spiro atoms. The number of aliphatic imine (C=N–C) groups is 1. The molecule has 1 aliphatic heterocycles. The fourth-order valence-electron chi connectivity index (χ4n) is 1.66. The van der Waals surface area contributed by atoms with Crippen LogP contribution in [0.4, 0.5) is 0 Å². The van der Waals surface area contributed by atoms with E-state index in [0.29, 0.717) is 11.9 Å². The summed E-state index contributed by atoms with van der Waals surface area (Å²) in [6.45, 7) is 1.67. The Kier molecular flexibility index (Phi) is 3.16. The maximum atomic E-state index is 5.56. The van der Waals surface area contributed by atoms with Crippen LogP contribution in [0.1, 0.15) is 11.5 Å². The smallest absolute Gasteiger partial charge is 0.188 e. The second kappa shape index (κ2) is 4.57. The van der Waals surface area contributed by atoms with Crippen molar-refractivity contribution in [3.05, 3.63) is 29.8 Å². The van der Waals surface area contributed by atoms with Crippen molar-refractivity contribution in [2.45, 2.75) is 10.8 Å². The second-order valence-electron chi connectivity index (χ2n) is 3.58. The van der Waals surface area contributed by atoms with Crippen molar-refractivity contribution in [2.75, 3.05) is 19.3 Å². The minimum absolute atomic E-state index is 0.452. The highest BCUT2D eigenvalue weighted by molar-refractivity contribution is 7.98. The van der Waals surface area contributed by atoms with Gasteiger partial charge in [0, 0.05) is 17.4 Å². The molecule has 1 aromatic carbocycles. The molecule has 0 saturated heterocycles. The van der Waals surface area contributed by atoms with Crippen LogP contribution < -0.4 is 11.1 Å². The van der Waals surface area contributed by atoms with E-state index >= 15 is 0 Å². The van der Waals surface area contributed by atoms with Crippen molar-refractivity contribution in [1.82, 2.24) is 5.32 Å². The third kappa shape index (κ3) is 2.45. The number of nitrogens with one attached hydrogen (secondary N) is 1. The molecule has 15 heavy (non-hydrogen) atoms. The maximum Gasteiger partial charge on any atom is 0.188 e. The van der Waals surface area contributed by atoms with E-state index in [-0.39, 0.29) is 0 Å². The summed E-state index contributed by atoms with van der Waals surface area (Å²) in [6, 6.07) is 8.66. The minimum atomic E-state index is 0.452. The number of thioether (sulfide) groups is 1. The van der Waals surface area contributed by atoms with Crippen LogP contribution in [0.15, 0.2) is 34.2 Å². The highest BCUT2D eigenvalue weighted by atomic mass is 32.2. The lowest BCUT2D eigenvalue weighted by Crippen LogP contribution is -2.39. The molecule has 1 aliphatic rings. The molecule has 1 atom stereocenters. The summed E-state index contributed by atoms with van der Waals surface area (Å²) in [5.74, 6) is 1.01. The highest BCUT2D eigenvalue weighted by Gasteiger charge is 2.14. The number of benzene rings is 1. The monoisotopic (exact) mass is 221 g/mol. The first-order valence-corrected chi connectivity index (χ1v) is 6.20. The van der Waals surface area contributed by atoms with Gasteiger partial charge in [-0.2, -0.15) is 0 Å². The molecule has 1 heterocycles. The molecule has 0 aromatic heterocycles. The van der Waals surface area contributed by atoms with Gasteiger partial charge in [0.05, 0.1) is 6.54 Å². The van der Waals surface area contributed by atoms with E-state index in [0.717, 1.165) is 13.1 Å². The first-order chi connectivity index (χ1) is 7.29. The number of nitrogens with zero attached hydrogens (tertiary/aromatic N) is 1. The van der Waals surface area contributed by atoms with Gasteiger partial charge in [0.2, 0.25) is 0 Å². The van der Waals surface area contributed by atoms with Crippen molar-refractivity contribution in [3.8, 4) is 0 Å². The standard InChI is InChI=1S/C11H15N3S/c1-15-10-4-2-8(3-5-10)9-6-13-11(12)14-7-9/h2-5,9H,6-7H2,1H3,(H3,12,13,14). The average molecular weight is 221 g/mol. The van der Waals surface area contributed by atoms with Crippen LogP contribution in [0.25, 0.3) is 0 Å². The highest BCUT2D eigenvalue weighted by Crippen LogP contribution is 2.21. The van der Waals surface area contributed by atoms with E-state index in [2.05, 4.69) is 40.8 Å². The Labute approximate surface area is 94.2 Å². The molecule has 2 rings (SSSR count). The molecule has 0 saturated carbocycles. The molecule has 3 nitrogen and oxygen atoms in total. The summed E-state index contributed by atoms with van der Waals surface area (Å²) >= 11 is 1.76. The van der Waals surface area contributed by atoms with Crippen molar-refractivity contribution in [3.63, 3.8) is 0 Å². The zero-order chi connectivity index (χ0) is 10.7. The summed E-state index contributed by atoms with van der Waals surface area (Å²) < 4.78 is 0. The van der Waals surface area contributed by atoms with Gasteiger partial charge >= 0.3 is 0 Å². The van der Waals surface area contributed by atoms with Gasteiger partial charge < -0.3 is 11.1 Å². The number of guanidine groups is 1. The summed E-state index contributed by atoms with van der Waals surface area (Å²) in [6.07, 6.45) is 2.09. The van der Waals surface area contributed by atoms with Gasteiger partial charge in [-0.15, -0.1) is 11.8 Å². The predicted octanol–water partition coefficient (Wildman–Crippen LogP) is 1.41. The second-order valence-corrected chi connectivity index (χ2v) is 4.46. The average Bonchev–Trinajstić information content (AvgIpc) is 2.30. The largest absolute Gasteiger partial charge is 0.370 e. The summed E-state index contributed by atoms with van der Waals surface area (Å²) in [4.78, 5) is 5.51. The van der Waals surface area contributed by atoms with E-state index in [1.165, 1.54) is 10.5 Å². The molecule has 3 N–H and O–H groups in total. The van der Waals surface area contributed by atoms with Crippen molar-refractivity contribution < 1.29 is 0 Å². The Hall–Kier alpha value is -1.16. The van der Waals surface area contributed by atoms with Crippen LogP contribution in [0, 0.1) is 0 Å². The Morgan fingerprint density at radius 1 is 1.40 bits per heavy atom. The van der Waals surface area contributed by atoms with E-state index in [1.807, 2.05) is 0 Å². The summed E-state index contributed by atoms with van der Waals surface area (Å²) in [5.41, 5.74) is 6.89. The van der Waals surface area contributed by atoms with Gasteiger partial charge in [0.15, 0.2) is 5.96 Å². The van der Waals surface area contributed by atoms with E-state index in [4.69, 9.17) is 5.73 Å². The van der Waals surface area contributed by atoms with Gasteiger partial charge in [-0.25, -0.2) is 0 Å². The number of nitrogens with two attached hydrogens (primary N) is 1. The van der Waals surface area contributed by atoms with Crippen LogP contribution in [-0.2, 0) is 0 Å². The Balaban J connectivity index is 2.10. The topological polar surface area (TPSA) is 50.4 Å². The zero-order valence-corrected chi connectivity index (χ0v) is 9.55. The Morgan fingerprint density at radius 3 is 2.67 bits per heavy atom. The Morgan fingerprint density at radius 2 is 2.13 bits per heavy atom. The van der Waals surface area contributed by atoms with Crippen LogP contribution in [0.3, 0.4) is 0 Å². The molecule has 0 amide bonds. The van der Waals surface area contributed by atoms with E-state index in [9.17, 15) is 0 Å². The lowest BCUT2D eigenvalue weighted by atomic mass is 9.98. The number of hydrogen-bond acceptors (Lipinski definition) is 4. The van der Waals surface area contributed by atoms with Gasteiger partial charge in [0.25, 0.3) is 0 Å². The number of hydrogen-bond donors (Lipinski definition) is 2. The summed E-state index contributed by atoms with van der Waals surface area (Å²) in [7, 11) is 0. The zero-order valence-electron chi connectivity index (χ0n) is 8.73. The molecule has 4 heteroatoms. The molecular formula is C11H15N3S. The molecule has 80 valence electrons. The van der Waals surface area contributed by atoms with Crippen LogP contribution >= 0.6 is 11.8 Å². The molecule has 0 aliphatic carbocycles. The number of rotatable bonds is 2. The third-order valence-corrected chi connectivity index (χ3v) is 3.34. The van der Waals surface area contributed by atoms with Gasteiger partial charge in [-0.3, -0.25) is 4.99 Å². The molecule has 0 fully saturated rings.